The topological polar surface area (TPSA) is 81.9 Å². The van der Waals surface area contributed by atoms with Gasteiger partial charge in [0.25, 0.3) is 0 Å². The van der Waals surface area contributed by atoms with Gasteiger partial charge in [0, 0.05) is 24.5 Å². The first-order chi connectivity index (χ1) is 9.85. The van der Waals surface area contributed by atoms with Crippen molar-refractivity contribution in [1.29, 1.82) is 0 Å². The van der Waals surface area contributed by atoms with Crippen LogP contribution >= 0.6 is 0 Å². The Bertz CT molecular complexity index is 478. The standard InChI is InChI=1S/C15H24N2O4/c1-14(2)11-9(6-8-21-11)15(14,16)13(19)17-7-4-5-10(17)12(18)20-3/h9-11H,4-8,16H2,1-3H3. The van der Waals surface area contributed by atoms with Gasteiger partial charge in [0.05, 0.1) is 13.2 Å². The second-order valence-electron chi connectivity index (χ2n) is 6.96. The summed E-state index contributed by atoms with van der Waals surface area (Å²) in [5.41, 5.74) is 5.22. The van der Waals surface area contributed by atoms with Crippen LogP contribution in [0.3, 0.4) is 0 Å². The predicted octanol–water partition coefficient (Wildman–Crippen LogP) is 0.293. The minimum absolute atomic E-state index is 0.0469. The Morgan fingerprint density at radius 2 is 2.05 bits per heavy atom. The van der Waals surface area contributed by atoms with Crippen LogP contribution in [-0.2, 0) is 19.1 Å². The van der Waals surface area contributed by atoms with E-state index in [9.17, 15) is 9.59 Å². The molecule has 1 saturated carbocycles. The molecule has 2 heterocycles. The SMILES string of the molecule is COC(=O)C1CCCN1C(=O)C1(N)C2CCOC2C1(C)C. The van der Waals surface area contributed by atoms with Crippen LogP contribution in [-0.4, -0.2) is 54.7 Å². The summed E-state index contributed by atoms with van der Waals surface area (Å²) in [6.45, 7) is 5.21. The summed E-state index contributed by atoms with van der Waals surface area (Å²) >= 11 is 0. The first-order valence-corrected chi connectivity index (χ1v) is 7.65. The fourth-order valence-corrected chi connectivity index (χ4v) is 4.45. The maximum Gasteiger partial charge on any atom is 0.328 e. The highest BCUT2D eigenvalue weighted by atomic mass is 16.5. The van der Waals surface area contributed by atoms with Gasteiger partial charge >= 0.3 is 5.97 Å². The molecule has 3 aliphatic rings. The number of nitrogens with zero attached hydrogens (tertiary/aromatic N) is 1. The highest BCUT2D eigenvalue weighted by Gasteiger charge is 2.72. The van der Waals surface area contributed by atoms with Crippen molar-refractivity contribution in [3.05, 3.63) is 0 Å². The Morgan fingerprint density at radius 3 is 2.71 bits per heavy atom. The summed E-state index contributed by atoms with van der Waals surface area (Å²) in [5, 5.41) is 0. The summed E-state index contributed by atoms with van der Waals surface area (Å²) in [5.74, 6) is -0.410. The van der Waals surface area contributed by atoms with Crippen molar-refractivity contribution in [2.24, 2.45) is 17.1 Å². The molecule has 4 atom stereocenters. The van der Waals surface area contributed by atoms with Gasteiger partial charge in [-0.3, -0.25) is 4.79 Å². The quantitative estimate of drug-likeness (QED) is 0.741. The molecule has 0 bridgehead atoms. The second kappa shape index (κ2) is 4.68. The molecule has 0 radical (unpaired) electrons. The van der Waals surface area contributed by atoms with E-state index in [0.717, 1.165) is 12.8 Å². The first kappa shape index (κ1) is 14.8. The number of methoxy groups -OCH3 is 1. The highest BCUT2D eigenvalue weighted by Crippen LogP contribution is 2.59. The van der Waals surface area contributed by atoms with Crippen LogP contribution < -0.4 is 5.73 Å². The third-order valence-electron chi connectivity index (χ3n) is 5.79. The molecule has 21 heavy (non-hydrogen) atoms. The van der Waals surface area contributed by atoms with E-state index in [-0.39, 0.29) is 23.9 Å². The molecule has 118 valence electrons. The van der Waals surface area contributed by atoms with E-state index in [0.29, 0.717) is 19.6 Å². The van der Waals surface area contributed by atoms with Crippen molar-refractivity contribution < 1.29 is 19.1 Å². The molecule has 2 N–H and O–H groups in total. The summed E-state index contributed by atoms with van der Waals surface area (Å²) in [6, 6.07) is -0.486. The number of hydrogen-bond donors (Lipinski definition) is 1. The average molecular weight is 296 g/mol. The van der Waals surface area contributed by atoms with Crippen molar-refractivity contribution >= 4 is 11.9 Å². The van der Waals surface area contributed by atoms with Crippen LogP contribution in [0.4, 0.5) is 0 Å². The highest BCUT2D eigenvalue weighted by molar-refractivity contribution is 5.93. The van der Waals surface area contributed by atoms with Crippen LogP contribution in [0.2, 0.25) is 0 Å². The van der Waals surface area contributed by atoms with Gasteiger partial charge in [0.2, 0.25) is 5.91 Å². The van der Waals surface area contributed by atoms with E-state index in [1.165, 1.54) is 7.11 Å². The van der Waals surface area contributed by atoms with E-state index in [1.54, 1.807) is 4.90 Å². The summed E-state index contributed by atoms with van der Waals surface area (Å²) in [4.78, 5) is 26.6. The Hall–Kier alpha value is -1.14. The van der Waals surface area contributed by atoms with Crippen molar-refractivity contribution in [1.82, 2.24) is 4.90 Å². The van der Waals surface area contributed by atoms with E-state index in [2.05, 4.69) is 0 Å². The molecule has 0 aromatic heterocycles. The fourth-order valence-electron chi connectivity index (χ4n) is 4.45. The predicted molar refractivity (Wildman–Crippen MR) is 75.3 cm³/mol. The summed E-state index contributed by atoms with van der Waals surface area (Å²) in [7, 11) is 1.36. The number of carbonyl (C=O) groups is 2. The lowest BCUT2D eigenvalue weighted by atomic mass is 9.47. The number of likely N-dealkylation sites (tertiary alicyclic amines) is 1. The molecule has 4 unspecified atom stereocenters. The molecule has 0 aromatic rings. The molecule has 0 spiro atoms. The zero-order valence-electron chi connectivity index (χ0n) is 12.9. The molecular formula is C15H24N2O4. The lowest BCUT2D eigenvalue weighted by Crippen LogP contribution is -2.80. The molecule has 3 rings (SSSR count). The molecule has 6 heteroatoms. The number of ether oxygens (including phenoxy) is 2. The van der Waals surface area contributed by atoms with Crippen molar-refractivity contribution in [2.75, 3.05) is 20.3 Å². The number of nitrogens with two attached hydrogens (primary N) is 1. The lowest BCUT2D eigenvalue weighted by molar-refractivity contribution is -0.186. The van der Waals surface area contributed by atoms with Gasteiger partial charge in [0.1, 0.15) is 11.6 Å². The normalized spacial score (nSPS) is 40.6. The zero-order chi connectivity index (χ0) is 15.4. The maximum atomic E-state index is 13.1. The van der Waals surface area contributed by atoms with E-state index in [1.807, 2.05) is 13.8 Å². The lowest BCUT2D eigenvalue weighted by Gasteiger charge is -2.61. The third-order valence-corrected chi connectivity index (χ3v) is 5.79. The maximum absolute atomic E-state index is 13.1. The molecule has 1 amide bonds. The molecule has 3 fully saturated rings. The van der Waals surface area contributed by atoms with Gasteiger partial charge in [-0.1, -0.05) is 13.8 Å². The van der Waals surface area contributed by atoms with Crippen LogP contribution in [0.25, 0.3) is 0 Å². The van der Waals surface area contributed by atoms with Crippen LogP contribution in [0, 0.1) is 11.3 Å². The Labute approximate surface area is 124 Å². The minimum Gasteiger partial charge on any atom is -0.467 e. The van der Waals surface area contributed by atoms with Crippen LogP contribution in [0.5, 0.6) is 0 Å². The Balaban J connectivity index is 1.86. The van der Waals surface area contributed by atoms with Gasteiger partial charge < -0.3 is 20.1 Å². The molecule has 2 saturated heterocycles. The van der Waals surface area contributed by atoms with Crippen molar-refractivity contribution in [3.63, 3.8) is 0 Å². The number of hydrogen-bond acceptors (Lipinski definition) is 5. The average Bonchev–Trinajstić information content (AvgIpc) is 3.12. The largest absolute Gasteiger partial charge is 0.467 e. The third kappa shape index (κ3) is 1.72. The van der Waals surface area contributed by atoms with Crippen LogP contribution in [0.1, 0.15) is 33.1 Å². The monoisotopic (exact) mass is 296 g/mol. The second-order valence-corrected chi connectivity index (χ2v) is 6.96. The Morgan fingerprint density at radius 1 is 1.33 bits per heavy atom. The van der Waals surface area contributed by atoms with Crippen molar-refractivity contribution in [2.45, 2.75) is 50.8 Å². The zero-order valence-corrected chi connectivity index (χ0v) is 12.9. The number of rotatable bonds is 2. The Kier molecular flexibility index (Phi) is 3.29. The van der Waals surface area contributed by atoms with Gasteiger partial charge in [-0.15, -0.1) is 0 Å². The van der Waals surface area contributed by atoms with Crippen LogP contribution in [0.15, 0.2) is 0 Å². The van der Waals surface area contributed by atoms with Gasteiger partial charge in [-0.05, 0) is 19.3 Å². The molecule has 1 aliphatic carbocycles. The summed E-state index contributed by atoms with van der Waals surface area (Å²) in [6.07, 6.45) is 2.32. The number of esters is 1. The number of fused-ring (bicyclic) bond motifs is 1. The van der Waals surface area contributed by atoms with E-state index in [4.69, 9.17) is 15.2 Å². The number of carbonyl (C=O) groups excluding carboxylic acids is 2. The minimum atomic E-state index is -0.940. The number of amides is 1. The van der Waals surface area contributed by atoms with E-state index < -0.39 is 17.0 Å². The summed E-state index contributed by atoms with van der Waals surface area (Å²) < 4.78 is 10.5. The molecule has 0 aromatic carbocycles. The van der Waals surface area contributed by atoms with E-state index >= 15 is 0 Å². The molecule has 2 aliphatic heterocycles. The van der Waals surface area contributed by atoms with Crippen molar-refractivity contribution in [3.8, 4) is 0 Å². The smallest absolute Gasteiger partial charge is 0.328 e. The first-order valence-electron chi connectivity index (χ1n) is 7.65. The van der Waals surface area contributed by atoms with Gasteiger partial charge in [-0.2, -0.15) is 0 Å². The fraction of sp³-hybridized carbons (Fsp3) is 0.867. The van der Waals surface area contributed by atoms with Gasteiger partial charge in [-0.25, -0.2) is 4.79 Å². The van der Waals surface area contributed by atoms with Gasteiger partial charge in [0.15, 0.2) is 0 Å². The molecule has 6 nitrogen and oxygen atoms in total. The molecular weight excluding hydrogens is 272 g/mol.